The van der Waals surface area contributed by atoms with Gasteiger partial charge in [-0.15, -0.1) is 0 Å². The van der Waals surface area contributed by atoms with Gasteiger partial charge in [0.05, 0.1) is 11.9 Å². The highest BCUT2D eigenvalue weighted by Crippen LogP contribution is 2.21. The van der Waals surface area contributed by atoms with Crippen molar-refractivity contribution in [3.05, 3.63) is 48.3 Å². The van der Waals surface area contributed by atoms with E-state index in [1.165, 1.54) is 29.9 Å². The Bertz CT molecular complexity index is 532. The van der Waals surface area contributed by atoms with Crippen LogP contribution >= 0.6 is 11.8 Å². The van der Waals surface area contributed by atoms with Gasteiger partial charge in [-0.1, -0.05) is 18.2 Å². The van der Waals surface area contributed by atoms with Crippen molar-refractivity contribution >= 4 is 11.8 Å². The van der Waals surface area contributed by atoms with Crippen LogP contribution in [-0.2, 0) is 0 Å². The van der Waals surface area contributed by atoms with E-state index in [1.54, 1.807) is 0 Å². The van der Waals surface area contributed by atoms with Crippen LogP contribution in [0.3, 0.4) is 0 Å². The Kier molecular flexibility index (Phi) is 4.43. The van der Waals surface area contributed by atoms with Crippen molar-refractivity contribution in [3.8, 4) is 5.69 Å². The van der Waals surface area contributed by atoms with Crippen LogP contribution in [0.25, 0.3) is 5.69 Å². The van der Waals surface area contributed by atoms with Crippen LogP contribution in [0, 0.1) is 0 Å². The van der Waals surface area contributed by atoms with E-state index in [-0.39, 0.29) is 0 Å². The zero-order valence-electron chi connectivity index (χ0n) is 11.8. The average Bonchev–Trinajstić information content (AvgIpc) is 2.99. The van der Waals surface area contributed by atoms with Crippen molar-refractivity contribution in [2.45, 2.75) is 31.8 Å². The predicted molar refractivity (Wildman–Crippen MR) is 85.5 cm³/mol. The molecule has 3 rings (SSSR count). The van der Waals surface area contributed by atoms with Crippen molar-refractivity contribution in [3.63, 3.8) is 0 Å². The second-order valence-electron chi connectivity index (χ2n) is 5.33. The van der Waals surface area contributed by atoms with Crippen LogP contribution in [0.5, 0.6) is 0 Å². The first-order chi connectivity index (χ1) is 9.83. The molecule has 4 heteroatoms. The van der Waals surface area contributed by atoms with Crippen LogP contribution in [0.1, 0.15) is 31.4 Å². The van der Waals surface area contributed by atoms with Gasteiger partial charge in [-0.3, -0.25) is 0 Å². The molecule has 1 N–H and O–H groups in total. The molecule has 0 spiro atoms. The number of thioether (sulfide) groups is 1. The fourth-order valence-corrected chi connectivity index (χ4v) is 3.70. The molecule has 0 amide bonds. The number of rotatable bonds is 4. The lowest BCUT2D eigenvalue weighted by molar-refractivity contribution is 0.431. The molecule has 1 aliphatic heterocycles. The highest BCUT2D eigenvalue weighted by atomic mass is 32.2. The minimum Gasteiger partial charge on any atom is -0.307 e. The van der Waals surface area contributed by atoms with Crippen LogP contribution in [0.4, 0.5) is 0 Å². The number of aromatic nitrogens is 2. The van der Waals surface area contributed by atoms with E-state index in [0.29, 0.717) is 12.1 Å². The smallest absolute Gasteiger partial charge is 0.0645 e. The minimum absolute atomic E-state index is 0.362. The van der Waals surface area contributed by atoms with Gasteiger partial charge >= 0.3 is 0 Å². The van der Waals surface area contributed by atoms with E-state index in [9.17, 15) is 0 Å². The average molecular weight is 287 g/mol. The Morgan fingerprint density at radius 1 is 1.25 bits per heavy atom. The molecule has 2 heterocycles. The van der Waals surface area contributed by atoms with Gasteiger partial charge < -0.3 is 5.32 Å². The Balaban J connectivity index is 1.66. The summed E-state index contributed by atoms with van der Waals surface area (Å²) in [6.07, 6.45) is 6.66. The second-order valence-corrected chi connectivity index (χ2v) is 6.55. The molecule has 1 aromatic heterocycles. The lowest BCUT2D eigenvalue weighted by Gasteiger charge is -2.25. The summed E-state index contributed by atoms with van der Waals surface area (Å²) >= 11 is 2.07. The SMILES string of the molecule is CC(NC1CCSCC1)c1cnn(-c2ccccc2)c1. The third kappa shape index (κ3) is 3.25. The number of nitrogens with zero attached hydrogens (tertiary/aromatic N) is 2. The fraction of sp³-hybridized carbons (Fsp3) is 0.438. The fourth-order valence-electron chi connectivity index (χ4n) is 2.60. The zero-order chi connectivity index (χ0) is 13.8. The standard InChI is InChI=1S/C16H21N3S/c1-13(18-15-7-9-20-10-8-15)14-11-17-19(12-14)16-5-3-2-4-6-16/h2-6,11-13,15,18H,7-10H2,1H3. The molecular formula is C16H21N3S. The Hall–Kier alpha value is -1.26. The molecule has 0 aliphatic carbocycles. The quantitative estimate of drug-likeness (QED) is 0.934. The summed E-state index contributed by atoms with van der Waals surface area (Å²) in [5.74, 6) is 2.57. The maximum atomic E-state index is 4.47. The van der Waals surface area contributed by atoms with Crippen molar-refractivity contribution < 1.29 is 0 Å². The van der Waals surface area contributed by atoms with Crippen molar-refractivity contribution in [2.24, 2.45) is 0 Å². The molecule has 1 aromatic carbocycles. The van der Waals surface area contributed by atoms with Crippen LogP contribution in [0.2, 0.25) is 0 Å². The first kappa shape index (κ1) is 13.7. The van der Waals surface area contributed by atoms with Gasteiger partial charge in [-0.25, -0.2) is 4.68 Å². The summed E-state index contributed by atoms with van der Waals surface area (Å²) in [4.78, 5) is 0. The van der Waals surface area contributed by atoms with E-state index >= 15 is 0 Å². The second kappa shape index (κ2) is 6.46. The number of hydrogen-bond donors (Lipinski definition) is 1. The number of para-hydroxylation sites is 1. The number of benzene rings is 1. The van der Waals surface area contributed by atoms with Gasteiger partial charge in [-0.2, -0.15) is 16.9 Å². The minimum atomic E-state index is 0.362. The summed E-state index contributed by atoms with van der Waals surface area (Å²) in [5, 5.41) is 8.21. The van der Waals surface area contributed by atoms with Gasteiger partial charge in [0.15, 0.2) is 0 Å². The van der Waals surface area contributed by atoms with Gasteiger partial charge in [0.25, 0.3) is 0 Å². The van der Waals surface area contributed by atoms with Crippen LogP contribution < -0.4 is 5.32 Å². The summed E-state index contributed by atoms with van der Waals surface area (Å²) in [6.45, 7) is 2.23. The van der Waals surface area contributed by atoms with E-state index in [4.69, 9.17) is 0 Å². The Morgan fingerprint density at radius 3 is 2.75 bits per heavy atom. The molecule has 1 saturated heterocycles. The number of hydrogen-bond acceptors (Lipinski definition) is 3. The maximum absolute atomic E-state index is 4.47. The Morgan fingerprint density at radius 2 is 2.00 bits per heavy atom. The van der Waals surface area contributed by atoms with Crippen molar-refractivity contribution in [1.82, 2.24) is 15.1 Å². The third-order valence-corrected chi connectivity index (χ3v) is 4.88. The first-order valence-corrected chi connectivity index (χ1v) is 8.42. The highest BCUT2D eigenvalue weighted by molar-refractivity contribution is 7.99. The van der Waals surface area contributed by atoms with E-state index in [2.05, 4.69) is 47.4 Å². The first-order valence-electron chi connectivity index (χ1n) is 7.27. The van der Waals surface area contributed by atoms with E-state index in [0.717, 1.165) is 5.69 Å². The molecule has 1 aliphatic rings. The monoisotopic (exact) mass is 287 g/mol. The van der Waals surface area contributed by atoms with E-state index < -0.39 is 0 Å². The summed E-state index contributed by atoms with van der Waals surface area (Å²) in [6, 6.07) is 11.3. The molecule has 2 aromatic rings. The number of nitrogens with one attached hydrogen (secondary N) is 1. The molecule has 1 unspecified atom stereocenters. The topological polar surface area (TPSA) is 29.9 Å². The van der Waals surface area contributed by atoms with Gasteiger partial charge in [0.2, 0.25) is 0 Å². The lowest BCUT2D eigenvalue weighted by Crippen LogP contribution is -2.34. The third-order valence-electron chi connectivity index (χ3n) is 3.83. The largest absolute Gasteiger partial charge is 0.307 e. The molecule has 0 bridgehead atoms. The van der Waals surface area contributed by atoms with Crippen molar-refractivity contribution in [1.29, 1.82) is 0 Å². The lowest BCUT2D eigenvalue weighted by atomic mass is 10.1. The summed E-state index contributed by atoms with van der Waals surface area (Å²) in [7, 11) is 0. The van der Waals surface area contributed by atoms with Crippen LogP contribution in [0.15, 0.2) is 42.7 Å². The van der Waals surface area contributed by atoms with Gasteiger partial charge in [0.1, 0.15) is 0 Å². The zero-order valence-corrected chi connectivity index (χ0v) is 12.6. The molecule has 0 radical (unpaired) electrons. The molecule has 0 saturated carbocycles. The van der Waals surface area contributed by atoms with Gasteiger partial charge in [0, 0.05) is 23.8 Å². The molecular weight excluding hydrogens is 266 g/mol. The summed E-state index contributed by atoms with van der Waals surface area (Å²) in [5.41, 5.74) is 2.37. The molecule has 3 nitrogen and oxygen atoms in total. The summed E-state index contributed by atoms with van der Waals surface area (Å²) < 4.78 is 1.95. The van der Waals surface area contributed by atoms with E-state index in [1.807, 2.05) is 29.1 Å². The highest BCUT2D eigenvalue weighted by Gasteiger charge is 2.17. The Labute approximate surface area is 124 Å². The molecule has 20 heavy (non-hydrogen) atoms. The normalized spacial score (nSPS) is 18.1. The molecule has 1 atom stereocenters. The maximum Gasteiger partial charge on any atom is 0.0645 e. The van der Waals surface area contributed by atoms with Crippen LogP contribution in [-0.4, -0.2) is 27.3 Å². The van der Waals surface area contributed by atoms with Crippen molar-refractivity contribution in [2.75, 3.05) is 11.5 Å². The molecule has 106 valence electrons. The van der Waals surface area contributed by atoms with Gasteiger partial charge in [-0.05, 0) is 43.4 Å². The molecule has 1 fully saturated rings. The predicted octanol–water partition coefficient (Wildman–Crippen LogP) is 3.42.